The van der Waals surface area contributed by atoms with Gasteiger partial charge in [0.15, 0.2) is 0 Å². The quantitative estimate of drug-likeness (QED) is 0.896. The van der Waals surface area contributed by atoms with Gasteiger partial charge in [-0.05, 0) is 32.3 Å². The lowest BCUT2D eigenvalue weighted by Crippen LogP contribution is -2.62. The normalized spacial score (nSPS) is 24.0. The molecule has 0 atom stereocenters. The Morgan fingerprint density at radius 2 is 1.90 bits per heavy atom. The minimum absolute atomic E-state index is 0.0233. The fourth-order valence-corrected chi connectivity index (χ4v) is 3.53. The van der Waals surface area contributed by atoms with Crippen molar-refractivity contribution < 1.29 is 4.79 Å². The van der Waals surface area contributed by atoms with E-state index in [2.05, 4.69) is 36.2 Å². The molecule has 3 heteroatoms. The minimum Gasteiger partial charge on any atom is -0.339 e. The lowest BCUT2D eigenvalue weighted by Gasteiger charge is -2.47. The van der Waals surface area contributed by atoms with Gasteiger partial charge in [-0.2, -0.15) is 0 Å². The largest absolute Gasteiger partial charge is 0.339 e. The number of benzene rings is 1. The van der Waals surface area contributed by atoms with Crippen molar-refractivity contribution >= 4 is 5.91 Å². The summed E-state index contributed by atoms with van der Waals surface area (Å²) in [5.74, 6) is 0.338. The molecule has 2 fully saturated rings. The third kappa shape index (κ3) is 2.24. The molecule has 2 aliphatic rings. The van der Waals surface area contributed by atoms with Gasteiger partial charge in [0.1, 0.15) is 0 Å². The fraction of sp³-hybridized carbons (Fsp3) is 0.588. The summed E-state index contributed by atoms with van der Waals surface area (Å²) in [6.07, 6.45) is 3.16. The molecule has 3 nitrogen and oxygen atoms in total. The highest BCUT2D eigenvalue weighted by molar-refractivity contribution is 5.89. The zero-order valence-corrected chi connectivity index (χ0v) is 12.5. The predicted molar refractivity (Wildman–Crippen MR) is 80.6 cm³/mol. The van der Waals surface area contributed by atoms with Gasteiger partial charge in [0.2, 0.25) is 5.91 Å². The first-order chi connectivity index (χ1) is 9.54. The molecule has 108 valence electrons. The lowest BCUT2D eigenvalue weighted by atomic mass is 9.63. The molecule has 1 saturated heterocycles. The average molecular weight is 272 g/mol. The maximum absolute atomic E-state index is 13.1. The molecular weight excluding hydrogens is 248 g/mol. The van der Waals surface area contributed by atoms with Crippen molar-refractivity contribution in [2.24, 2.45) is 0 Å². The molecule has 3 rings (SSSR count). The van der Waals surface area contributed by atoms with E-state index in [4.69, 9.17) is 0 Å². The van der Waals surface area contributed by atoms with E-state index in [0.717, 1.165) is 38.9 Å². The number of rotatable bonds is 2. The third-order valence-corrected chi connectivity index (χ3v) is 4.80. The van der Waals surface area contributed by atoms with Crippen molar-refractivity contribution in [1.82, 2.24) is 10.2 Å². The smallest absolute Gasteiger partial charge is 0.233 e. The number of nitrogens with zero attached hydrogens (tertiary/aromatic N) is 1. The van der Waals surface area contributed by atoms with E-state index in [-0.39, 0.29) is 11.0 Å². The van der Waals surface area contributed by atoms with E-state index < -0.39 is 0 Å². The maximum Gasteiger partial charge on any atom is 0.233 e. The Labute approximate surface area is 121 Å². The summed E-state index contributed by atoms with van der Waals surface area (Å²) in [4.78, 5) is 15.2. The number of carbonyl (C=O) groups excluding carboxylic acids is 1. The highest BCUT2D eigenvalue weighted by Gasteiger charge is 2.48. The molecule has 1 aliphatic carbocycles. The molecule has 0 radical (unpaired) electrons. The second kappa shape index (κ2) is 4.88. The van der Waals surface area contributed by atoms with Gasteiger partial charge in [-0.25, -0.2) is 0 Å². The first kappa shape index (κ1) is 13.6. The van der Waals surface area contributed by atoms with Crippen LogP contribution in [0.4, 0.5) is 0 Å². The number of amides is 1. The molecule has 0 spiro atoms. The minimum atomic E-state index is -0.241. The number of hydrogen-bond acceptors (Lipinski definition) is 2. The number of hydrogen-bond donors (Lipinski definition) is 1. The Morgan fingerprint density at radius 3 is 2.45 bits per heavy atom. The van der Waals surface area contributed by atoms with Crippen LogP contribution in [0.25, 0.3) is 0 Å². The summed E-state index contributed by atoms with van der Waals surface area (Å²) >= 11 is 0. The number of nitrogens with one attached hydrogen (secondary N) is 1. The predicted octanol–water partition coefficient (Wildman–Crippen LogP) is 2.32. The third-order valence-electron chi connectivity index (χ3n) is 4.80. The first-order valence-electron chi connectivity index (χ1n) is 7.64. The molecule has 0 aromatic heterocycles. The van der Waals surface area contributed by atoms with Crippen molar-refractivity contribution in [3.8, 4) is 0 Å². The second-order valence-electron chi connectivity index (χ2n) is 6.84. The lowest BCUT2D eigenvalue weighted by molar-refractivity contribution is -0.143. The SMILES string of the molecule is CC1(C)CN(C(=O)C2(c3ccccc3)CCC2)CCN1. The highest BCUT2D eigenvalue weighted by Crippen LogP contribution is 2.45. The van der Waals surface area contributed by atoms with Crippen molar-refractivity contribution in [2.45, 2.75) is 44.1 Å². The zero-order valence-electron chi connectivity index (χ0n) is 12.5. The standard InChI is InChI=1S/C17H24N2O/c1-16(2)13-19(12-11-18-16)15(20)17(9-6-10-17)14-7-4-3-5-8-14/h3-5,7-8,18H,6,9-13H2,1-2H3. The summed E-state index contributed by atoms with van der Waals surface area (Å²) in [6, 6.07) is 10.3. The van der Waals surface area contributed by atoms with Crippen LogP contribution in [-0.2, 0) is 10.2 Å². The summed E-state index contributed by atoms with van der Waals surface area (Å²) in [7, 11) is 0. The molecule has 1 aromatic carbocycles. The molecule has 1 aromatic rings. The van der Waals surface area contributed by atoms with Crippen LogP contribution in [-0.4, -0.2) is 36.0 Å². The van der Waals surface area contributed by atoms with Crippen LogP contribution < -0.4 is 5.32 Å². The van der Waals surface area contributed by atoms with E-state index in [1.54, 1.807) is 0 Å². The van der Waals surface area contributed by atoms with Crippen LogP contribution in [0.15, 0.2) is 30.3 Å². The van der Waals surface area contributed by atoms with Gasteiger partial charge in [0, 0.05) is 25.2 Å². The van der Waals surface area contributed by atoms with Crippen molar-refractivity contribution in [3.05, 3.63) is 35.9 Å². The van der Waals surface area contributed by atoms with Crippen LogP contribution in [0.1, 0.15) is 38.7 Å². The van der Waals surface area contributed by atoms with Gasteiger partial charge in [0.25, 0.3) is 0 Å². The van der Waals surface area contributed by atoms with Crippen LogP contribution in [0.2, 0.25) is 0 Å². The van der Waals surface area contributed by atoms with Crippen LogP contribution in [0.3, 0.4) is 0 Å². The molecule has 1 aliphatic heterocycles. The molecule has 1 N–H and O–H groups in total. The summed E-state index contributed by atoms with van der Waals surface area (Å²) in [5, 5.41) is 3.48. The van der Waals surface area contributed by atoms with Crippen LogP contribution >= 0.6 is 0 Å². The summed E-state index contributed by atoms with van der Waals surface area (Å²) < 4.78 is 0. The summed E-state index contributed by atoms with van der Waals surface area (Å²) in [5.41, 5.74) is 0.983. The van der Waals surface area contributed by atoms with Gasteiger partial charge in [-0.15, -0.1) is 0 Å². The van der Waals surface area contributed by atoms with Crippen LogP contribution in [0, 0.1) is 0 Å². The fourth-order valence-electron chi connectivity index (χ4n) is 3.53. The summed E-state index contributed by atoms with van der Waals surface area (Å²) in [6.45, 7) is 6.87. The molecule has 1 saturated carbocycles. The molecule has 1 heterocycles. The Morgan fingerprint density at radius 1 is 1.20 bits per heavy atom. The molecule has 1 amide bonds. The van der Waals surface area contributed by atoms with Gasteiger partial charge < -0.3 is 10.2 Å². The first-order valence-corrected chi connectivity index (χ1v) is 7.64. The Hall–Kier alpha value is -1.35. The molecular formula is C17H24N2O. The van der Waals surface area contributed by atoms with Crippen LogP contribution in [0.5, 0.6) is 0 Å². The zero-order chi connectivity index (χ0) is 14.2. The average Bonchev–Trinajstić information content (AvgIpc) is 2.37. The Balaban J connectivity index is 1.85. The monoisotopic (exact) mass is 272 g/mol. The van der Waals surface area contributed by atoms with Crippen molar-refractivity contribution in [3.63, 3.8) is 0 Å². The van der Waals surface area contributed by atoms with E-state index in [0.29, 0.717) is 5.91 Å². The van der Waals surface area contributed by atoms with Gasteiger partial charge in [-0.1, -0.05) is 36.8 Å². The Bertz CT molecular complexity index is 491. The molecule has 0 bridgehead atoms. The van der Waals surface area contributed by atoms with Crippen molar-refractivity contribution in [2.75, 3.05) is 19.6 Å². The second-order valence-corrected chi connectivity index (χ2v) is 6.84. The topological polar surface area (TPSA) is 32.3 Å². The number of carbonyl (C=O) groups is 1. The number of piperazine rings is 1. The van der Waals surface area contributed by atoms with E-state index >= 15 is 0 Å². The van der Waals surface area contributed by atoms with E-state index in [1.807, 2.05) is 18.2 Å². The Kier molecular flexibility index (Phi) is 3.33. The molecule has 0 unspecified atom stereocenters. The van der Waals surface area contributed by atoms with E-state index in [9.17, 15) is 4.79 Å². The van der Waals surface area contributed by atoms with Gasteiger partial charge in [0.05, 0.1) is 5.41 Å². The van der Waals surface area contributed by atoms with E-state index in [1.165, 1.54) is 5.56 Å². The highest BCUT2D eigenvalue weighted by atomic mass is 16.2. The van der Waals surface area contributed by atoms with Gasteiger partial charge in [-0.3, -0.25) is 4.79 Å². The maximum atomic E-state index is 13.1. The molecule has 20 heavy (non-hydrogen) atoms. The van der Waals surface area contributed by atoms with Crippen molar-refractivity contribution in [1.29, 1.82) is 0 Å². The van der Waals surface area contributed by atoms with Gasteiger partial charge >= 0.3 is 0 Å².